The Bertz CT molecular complexity index is 555. The predicted octanol–water partition coefficient (Wildman–Crippen LogP) is 3.30. The molecule has 0 saturated carbocycles. The van der Waals surface area contributed by atoms with Gasteiger partial charge in [0.05, 0.1) is 12.8 Å². The highest BCUT2D eigenvalue weighted by Gasteiger charge is 2.08. The van der Waals surface area contributed by atoms with Crippen LogP contribution in [0.4, 0.5) is 5.82 Å². The van der Waals surface area contributed by atoms with Gasteiger partial charge in [0.1, 0.15) is 0 Å². The summed E-state index contributed by atoms with van der Waals surface area (Å²) < 4.78 is 5.08. The molecule has 0 saturated heterocycles. The molecule has 0 unspecified atom stereocenters. The summed E-state index contributed by atoms with van der Waals surface area (Å²) in [6.45, 7) is 1.96. The third kappa shape index (κ3) is 2.19. The number of hydrogen-bond acceptors (Lipinski definition) is 3. The van der Waals surface area contributed by atoms with Crippen LogP contribution in [-0.4, -0.2) is 12.1 Å². The quantitative estimate of drug-likeness (QED) is 0.887. The molecule has 2 N–H and O–H groups in total. The van der Waals surface area contributed by atoms with E-state index in [4.69, 9.17) is 22.1 Å². The molecule has 88 valence electrons. The molecule has 1 aromatic heterocycles. The summed E-state index contributed by atoms with van der Waals surface area (Å²) in [4.78, 5) is 4.31. The van der Waals surface area contributed by atoms with E-state index in [9.17, 15) is 0 Å². The summed E-state index contributed by atoms with van der Waals surface area (Å²) in [7, 11) is 1.57. The summed E-state index contributed by atoms with van der Waals surface area (Å²) in [6, 6.07) is 9.39. The SMILES string of the molecule is COc1ccc(-c2cccc(Cl)c2C)nc1N. The summed E-state index contributed by atoms with van der Waals surface area (Å²) in [5.74, 6) is 0.956. The van der Waals surface area contributed by atoms with Gasteiger partial charge in [0.2, 0.25) is 0 Å². The lowest BCUT2D eigenvalue weighted by molar-refractivity contribution is 0.415. The average molecular weight is 249 g/mol. The maximum Gasteiger partial charge on any atom is 0.166 e. The number of halogens is 1. The molecule has 0 amide bonds. The van der Waals surface area contributed by atoms with Crippen molar-refractivity contribution >= 4 is 17.4 Å². The Kier molecular flexibility index (Phi) is 3.20. The van der Waals surface area contributed by atoms with Gasteiger partial charge in [-0.05, 0) is 30.7 Å². The first kappa shape index (κ1) is 11.7. The second-order valence-corrected chi connectivity index (χ2v) is 4.10. The second kappa shape index (κ2) is 4.63. The highest BCUT2D eigenvalue weighted by Crippen LogP contribution is 2.29. The van der Waals surface area contributed by atoms with Crippen LogP contribution in [0.2, 0.25) is 5.02 Å². The largest absolute Gasteiger partial charge is 0.493 e. The molecule has 2 rings (SSSR count). The first-order valence-corrected chi connectivity index (χ1v) is 5.57. The molecular formula is C13H13ClN2O. The van der Waals surface area contributed by atoms with Gasteiger partial charge in [-0.1, -0.05) is 23.7 Å². The minimum absolute atomic E-state index is 0.379. The van der Waals surface area contributed by atoms with E-state index < -0.39 is 0 Å². The topological polar surface area (TPSA) is 48.1 Å². The number of pyridine rings is 1. The Labute approximate surface area is 105 Å². The number of nitrogens with zero attached hydrogens (tertiary/aromatic N) is 1. The van der Waals surface area contributed by atoms with Crippen molar-refractivity contribution in [3.63, 3.8) is 0 Å². The Morgan fingerprint density at radius 3 is 2.65 bits per heavy atom. The minimum Gasteiger partial charge on any atom is -0.493 e. The smallest absolute Gasteiger partial charge is 0.166 e. The van der Waals surface area contributed by atoms with E-state index >= 15 is 0 Å². The maximum atomic E-state index is 6.08. The van der Waals surface area contributed by atoms with Gasteiger partial charge >= 0.3 is 0 Å². The molecule has 1 aromatic carbocycles. The Balaban J connectivity index is 2.54. The molecule has 2 aromatic rings. The van der Waals surface area contributed by atoms with E-state index in [-0.39, 0.29) is 0 Å². The molecule has 0 spiro atoms. The third-order valence-electron chi connectivity index (χ3n) is 2.65. The number of nitrogen functional groups attached to an aromatic ring is 1. The van der Waals surface area contributed by atoms with Gasteiger partial charge in [-0.15, -0.1) is 0 Å². The predicted molar refractivity (Wildman–Crippen MR) is 70.4 cm³/mol. The van der Waals surface area contributed by atoms with Crippen LogP contribution in [0.5, 0.6) is 5.75 Å². The number of ether oxygens (including phenoxy) is 1. The molecule has 1 heterocycles. The fourth-order valence-corrected chi connectivity index (χ4v) is 1.84. The van der Waals surface area contributed by atoms with Crippen LogP contribution in [-0.2, 0) is 0 Å². The van der Waals surface area contributed by atoms with Crippen molar-refractivity contribution in [3.05, 3.63) is 40.9 Å². The highest BCUT2D eigenvalue weighted by atomic mass is 35.5. The van der Waals surface area contributed by atoms with E-state index in [1.54, 1.807) is 13.2 Å². The molecule has 0 fully saturated rings. The van der Waals surface area contributed by atoms with Crippen LogP contribution in [0.3, 0.4) is 0 Å². The lowest BCUT2D eigenvalue weighted by Gasteiger charge is -2.09. The fraction of sp³-hybridized carbons (Fsp3) is 0.154. The molecule has 0 bridgehead atoms. The number of benzene rings is 1. The van der Waals surface area contributed by atoms with Gasteiger partial charge < -0.3 is 10.5 Å². The zero-order valence-electron chi connectivity index (χ0n) is 9.70. The standard InChI is InChI=1S/C13H13ClN2O/c1-8-9(4-3-5-10(8)14)11-6-7-12(17-2)13(15)16-11/h3-7H,1-2H3,(H2,15,16). The van der Waals surface area contributed by atoms with Crippen molar-refractivity contribution < 1.29 is 4.74 Å². The molecule has 3 nitrogen and oxygen atoms in total. The van der Waals surface area contributed by atoms with Gasteiger partial charge in [-0.3, -0.25) is 0 Å². The number of rotatable bonds is 2. The monoisotopic (exact) mass is 248 g/mol. The van der Waals surface area contributed by atoms with Crippen molar-refractivity contribution in [3.8, 4) is 17.0 Å². The minimum atomic E-state index is 0.379. The highest BCUT2D eigenvalue weighted by molar-refractivity contribution is 6.31. The Morgan fingerprint density at radius 1 is 1.24 bits per heavy atom. The molecule has 0 aliphatic carbocycles. The Morgan fingerprint density at radius 2 is 2.00 bits per heavy atom. The van der Waals surface area contributed by atoms with Gasteiger partial charge in [0.15, 0.2) is 11.6 Å². The van der Waals surface area contributed by atoms with Crippen LogP contribution >= 0.6 is 11.6 Å². The van der Waals surface area contributed by atoms with Gasteiger partial charge in [-0.25, -0.2) is 4.98 Å². The zero-order valence-corrected chi connectivity index (χ0v) is 10.5. The first-order chi connectivity index (χ1) is 8.13. The van der Waals surface area contributed by atoms with E-state index in [1.807, 2.05) is 31.2 Å². The number of anilines is 1. The number of hydrogen-bond donors (Lipinski definition) is 1. The van der Waals surface area contributed by atoms with Crippen LogP contribution in [0, 0.1) is 6.92 Å². The second-order valence-electron chi connectivity index (χ2n) is 3.70. The number of aromatic nitrogens is 1. The lowest BCUT2D eigenvalue weighted by atomic mass is 10.1. The van der Waals surface area contributed by atoms with Gasteiger partial charge in [0, 0.05) is 10.6 Å². The maximum absolute atomic E-state index is 6.08. The summed E-state index contributed by atoms with van der Waals surface area (Å²) in [5, 5.41) is 0.721. The van der Waals surface area contributed by atoms with Crippen LogP contribution in [0.15, 0.2) is 30.3 Å². The normalized spacial score (nSPS) is 10.3. The van der Waals surface area contributed by atoms with E-state index in [1.165, 1.54) is 0 Å². The lowest BCUT2D eigenvalue weighted by Crippen LogP contribution is -1.97. The van der Waals surface area contributed by atoms with Crippen LogP contribution in [0.1, 0.15) is 5.56 Å². The van der Waals surface area contributed by atoms with E-state index in [0.717, 1.165) is 21.8 Å². The van der Waals surface area contributed by atoms with E-state index in [0.29, 0.717) is 11.6 Å². The summed E-state index contributed by atoms with van der Waals surface area (Å²) >= 11 is 6.08. The zero-order chi connectivity index (χ0) is 12.4. The molecule has 0 aliphatic rings. The first-order valence-electron chi connectivity index (χ1n) is 5.19. The molecule has 0 atom stereocenters. The van der Waals surface area contributed by atoms with Crippen LogP contribution in [0.25, 0.3) is 11.3 Å². The third-order valence-corrected chi connectivity index (χ3v) is 3.06. The van der Waals surface area contributed by atoms with Gasteiger partial charge in [-0.2, -0.15) is 0 Å². The summed E-state index contributed by atoms with van der Waals surface area (Å²) in [6.07, 6.45) is 0. The van der Waals surface area contributed by atoms with Gasteiger partial charge in [0.25, 0.3) is 0 Å². The molecule has 4 heteroatoms. The van der Waals surface area contributed by atoms with Crippen molar-refractivity contribution in [2.75, 3.05) is 12.8 Å². The molecule has 17 heavy (non-hydrogen) atoms. The van der Waals surface area contributed by atoms with Crippen molar-refractivity contribution in [1.82, 2.24) is 4.98 Å². The average Bonchev–Trinajstić information content (AvgIpc) is 2.32. The summed E-state index contributed by atoms with van der Waals surface area (Å²) in [5.41, 5.74) is 8.55. The molecular weight excluding hydrogens is 236 g/mol. The molecule has 0 radical (unpaired) electrons. The van der Waals surface area contributed by atoms with Crippen molar-refractivity contribution in [1.29, 1.82) is 0 Å². The Hall–Kier alpha value is -1.74. The fourth-order valence-electron chi connectivity index (χ4n) is 1.67. The van der Waals surface area contributed by atoms with Crippen molar-refractivity contribution in [2.24, 2.45) is 0 Å². The van der Waals surface area contributed by atoms with Crippen molar-refractivity contribution in [2.45, 2.75) is 6.92 Å². The van der Waals surface area contributed by atoms with Crippen LogP contribution < -0.4 is 10.5 Å². The number of methoxy groups -OCH3 is 1. The van der Waals surface area contributed by atoms with E-state index in [2.05, 4.69) is 4.98 Å². The number of nitrogens with two attached hydrogens (primary N) is 1. The molecule has 0 aliphatic heterocycles.